The van der Waals surface area contributed by atoms with E-state index in [0.717, 1.165) is 25.2 Å². The van der Waals surface area contributed by atoms with E-state index in [1.165, 1.54) is 11.3 Å². The molecular formula is C18H25N3. The van der Waals surface area contributed by atoms with Crippen LogP contribution < -0.4 is 10.2 Å². The third kappa shape index (κ3) is 4.57. The second kappa shape index (κ2) is 7.79. The van der Waals surface area contributed by atoms with Crippen LogP contribution in [0.2, 0.25) is 0 Å². The lowest BCUT2D eigenvalue weighted by Gasteiger charge is -2.20. The van der Waals surface area contributed by atoms with Crippen LogP contribution >= 0.6 is 0 Å². The van der Waals surface area contributed by atoms with Crippen LogP contribution in [0.5, 0.6) is 0 Å². The Kier molecular flexibility index (Phi) is 5.76. The molecule has 0 aliphatic carbocycles. The van der Waals surface area contributed by atoms with Gasteiger partial charge in [-0.1, -0.05) is 25.1 Å². The number of rotatable bonds is 7. The summed E-state index contributed by atoms with van der Waals surface area (Å²) >= 11 is 0. The molecule has 0 radical (unpaired) electrons. The number of nitrogens with one attached hydrogen (secondary N) is 1. The summed E-state index contributed by atoms with van der Waals surface area (Å²) in [5.41, 5.74) is 3.63. The van der Waals surface area contributed by atoms with Crippen LogP contribution in [-0.2, 0) is 6.54 Å². The smallest absolute Gasteiger partial charge is 0.0598 e. The maximum absolute atomic E-state index is 4.37. The maximum atomic E-state index is 4.37. The summed E-state index contributed by atoms with van der Waals surface area (Å²) in [5, 5.41) is 3.51. The van der Waals surface area contributed by atoms with E-state index < -0.39 is 0 Å². The quantitative estimate of drug-likeness (QED) is 0.838. The first-order chi connectivity index (χ1) is 10.2. The highest BCUT2D eigenvalue weighted by atomic mass is 15.1. The van der Waals surface area contributed by atoms with E-state index in [1.807, 2.05) is 18.3 Å². The van der Waals surface area contributed by atoms with Gasteiger partial charge in [-0.3, -0.25) is 4.98 Å². The summed E-state index contributed by atoms with van der Waals surface area (Å²) in [6, 6.07) is 15.2. The Labute approximate surface area is 128 Å². The number of pyridine rings is 1. The molecule has 0 saturated carbocycles. The Morgan fingerprint density at radius 1 is 1.14 bits per heavy atom. The minimum Gasteiger partial charge on any atom is -0.369 e. The van der Waals surface area contributed by atoms with Crippen LogP contribution in [0.25, 0.3) is 0 Å². The van der Waals surface area contributed by atoms with Crippen molar-refractivity contribution in [3.8, 4) is 0 Å². The molecule has 3 nitrogen and oxygen atoms in total. The van der Waals surface area contributed by atoms with E-state index in [1.54, 1.807) is 0 Å². The van der Waals surface area contributed by atoms with Gasteiger partial charge in [0, 0.05) is 25.0 Å². The molecule has 0 amide bonds. The molecule has 0 aliphatic rings. The van der Waals surface area contributed by atoms with Crippen LogP contribution in [-0.4, -0.2) is 18.6 Å². The molecule has 0 saturated heterocycles. The summed E-state index contributed by atoms with van der Waals surface area (Å²) in [5.74, 6) is 0. The van der Waals surface area contributed by atoms with Gasteiger partial charge in [0.2, 0.25) is 0 Å². The largest absolute Gasteiger partial charge is 0.369 e. The van der Waals surface area contributed by atoms with Crippen molar-refractivity contribution in [1.82, 2.24) is 10.3 Å². The lowest BCUT2D eigenvalue weighted by Crippen LogP contribution is -2.20. The van der Waals surface area contributed by atoms with E-state index in [0.29, 0.717) is 6.04 Å². The van der Waals surface area contributed by atoms with Crippen molar-refractivity contribution in [3.63, 3.8) is 0 Å². The average Bonchev–Trinajstić information content (AvgIpc) is 2.53. The molecule has 21 heavy (non-hydrogen) atoms. The van der Waals surface area contributed by atoms with E-state index in [2.05, 4.69) is 66.4 Å². The predicted molar refractivity (Wildman–Crippen MR) is 89.5 cm³/mol. The van der Waals surface area contributed by atoms with Gasteiger partial charge in [-0.15, -0.1) is 0 Å². The fourth-order valence-corrected chi connectivity index (χ4v) is 2.32. The van der Waals surface area contributed by atoms with Crippen LogP contribution in [0.4, 0.5) is 5.69 Å². The Morgan fingerprint density at radius 2 is 1.90 bits per heavy atom. The van der Waals surface area contributed by atoms with Gasteiger partial charge in [-0.2, -0.15) is 0 Å². The van der Waals surface area contributed by atoms with Crippen LogP contribution in [0.3, 0.4) is 0 Å². The SMILES string of the molecule is CCCNC(C)c1ccc(N(C)Cc2ccccn2)cc1. The molecule has 1 heterocycles. The first-order valence-electron chi connectivity index (χ1n) is 7.65. The molecule has 1 unspecified atom stereocenters. The van der Waals surface area contributed by atoms with Gasteiger partial charge < -0.3 is 10.2 Å². The van der Waals surface area contributed by atoms with Gasteiger partial charge >= 0.3 is 0 Å². The van der Waals surface area contributed by atoms with Crippen LogP contribution in [0.1, 0.15) is 37.6 Å². The first-order valence-corrected chi connectivity index (χ1v) is 7.65. The van der Waals surface area contributed by atoms with E-state index in [4.69, 9.17) is 0 Å². The molecule has 3 heteroatoms. The van der Waals surface area contributed by atoms with E-state index in [-0.39, 0.29) is 0 Å². The molecule has 1 aromatic carbocycles. The van der Waals surface area contributed by atoms with E-state index >= 15 is 0 Å². The van der Waals surface area contributed by atoms with Gasteiger partial charge in [0.05, 0.1) is 12.2 Å². The molecular weight excluding hydrogens is 258 g/mol. The van der Waals surface area contributed by atoms with Crippen molar-refractivity contribution in [3.05, 3.63) is 59.9 Å². The molecule has 1 N–H and O–H groups in total. The third-order valence-corrected chi connectivity index (χ3v) is 3.66. The Bertz CT molecular complexity index is 522. The molecule has 2 rings (SSSR count). The third-order valence-electron chi connectivity index (χ3n) is 3.66. The summed E-state index contributed by atoms with van der Waals surface area (Å²) in [6.07, 6.45) is 3.00. The van der Waals surface area contributed by atoms with Gasteiger partial charge in [-0.05, 0) is 49.7 Å². The lowest BCUT2D eigenvalue weighted by atomic mass is 10.1. The van der Waals surface area contributed by atoms with Crippen LogP contribution in [0.15, 0.2) is 48.7 Å². The minimum absolute atomic E-state index is 0.403. The summed E-state index contributed by atoms with van der Waals surface area (Å²) in [4.78, 5) is 6.59. The van der Waals surface area contributed by atoms with Crippen molar-refractivity contribution in [1.29, 1.82) is 0 Å². The second-order valence-electron chi connectivity index (χ2n) is 5.44. The number of nitrogens with zero attached hydrogens (tertiary/aromatic N) is 2. The summed E-state index contributed by atoms with van der Waals surface area (Å²) in [6.45, 7) is 6.28. The van der Waals surface area contributed by atoms with E-state index in [9.17, 15) is 0 Å². The van der Waals surface area contributed by atoms with Crippen molar-refractivity contribution in [2.45, 2.75) is 32.9 Å². The zero-order chi connectivity index (χ0) is 15.1. The normalized spacial score (nSPS) is 12.1. The van der Waals surface area contributed by atoms with Crippen molar-refractivity contribution in [2.24, 2.45) is 0 Å². The molecule has 0 spiro atoms. The van der Waals surface area contributed by atoms with Crippen LogP contribution in [0, 0.1) is 0 Å². The molecule has 1 atom stereocenters. The van der Waals surface area contributed by atoms with Gasteiger partial charge in [0.25, 0.3) is 0 Å². The Hall–Kier alpha value is -1.87. The van der Waals surface area contributed by atoms with Gasteiger partial charge in [0.1, 0.15) is 0 Å². The van der Waals surface area contributed by atoms with Gasteiger partial charge in [0.15, 0.2) is 0 Å². The Balaban J connectivity index is 1.98. The maximum Gasteiger partial charge on any atom is 0.0598 e. The Morgan fingerprint density at radius 3 is 2.52 bits per heavy atom. The second-order valence-corrected chi connectivity index (χ2v) is 5.44. The minimum atomic E-state index is 0.403. The molecule has 0 fully saturated rings. The first kappa shape index (κ1) is 15.5. The number of hydrogen-bond donors (Lipinski definition) is 1. The lowest BCUT2D eigenvalue weighted by molar-refractivity contribution is 0.571. The summed E-state index contributed by atoms with van der Waals surface area (Å²) < 4.78 is 0. The zero-order valence-electron chi connectivity index (χ0n) is 13.2. The standard InChI is InChI=1S/C18H25N3/c1-4-12-19-15(2)16-8-10-18(11-9-16)21(3)14-17-7-5-6-13-20-17/h5-11,13,15,19H,4,12,14H2,1-3H3. The number of hydrogen-bond acceptors (Lipinski definition) is 3. The predicted octanol–water partition coefficient (Wildman–Crippen LogP) is 3.78. The highest BCUT2D eigenvalue weighted by molar-refractivity contribution is 5.47. The zero-order valence-corrected chi connectivity index (χ0v) is 13.2. The fourth-order valence-electron chi connectivity index (χ4n) is 2.32. The summed E-state index contributed by atoms with van der Waals surface area (Å²) in [7, 11) is 2.10. The van der Waals surface area contributed by atoms with Crippen molar-refractivity contribution >= 4 is 5.69 Å². The van der Waals surface area contributed by atoms with Crippen molar-refractivity contribution < 1.29 is 0 Å². The monoisotopic (exact) mass is 283 g/mol. The molecule has 1 aromatic heterocycles. The van der Waals surface area contributed by atoms with Crippen molar-refractivity contribution in [2.75, 3.05) is 18.5 Å². The average molecular weight is 283 g/mol. The number of benzene rings is 1. The molecule has 0 aliphatic heterocycles. The van der Waals surface area contributed by atoms with Gasteiger partial charge in [-0.25, -0.2) is 0 Å². The highest BCUT2D eigenvalue weighted by Gasteiger charge is 2.06. The molecule has 0 bridgehead atoms. The topological polar surface area (TPSA) is 28.2 Å². The number of aromatic nitrogens is 1. The highest BCUT2D eigenvalue weighted by Crippen LogP contribution is 2.19. The fraction of sp³-hybridized carbons (Fsp3) is 0.389. The number of anilines is 1. The molecule has 2 aromatic rings. The molecule has 112 valence electrons.